The molecule has 4 nitrogen and oxygen atoms in total. The third-order valence-corrected chi connectivity index (χ3v) is 4.44. The predicted octanol–water partition coefficient (Wildman–Crippen LogP) is 3.24. The Morgan fingerprint density at radius 1 is 1.14 bits per heavy atom. The number of fused-ring (bicyclic) bond motifs is 2. The Kier molecular flexibility index (Phi) is 2.94. The molecule has 112 valence electrons. The maximum absolute atomic E-state index is 10.6. The number of hydrogen-bond donors (Lipinski definition) is 1. The molecule has 1 aliphatic rings. The van der Waals surface area contributed by atoms with Gasteiger partial charge in [0.1, 0.15) is 6.10 Å². The van der Waals surface area contributed by atoms with Crippen molar-refractivity contribution in [2.45, 2.75) is 32.0 Å². The summed E-state index contributed by atoms with van der Waals surface area (Å²) >= 11 is 0. The van der Waals surface area contributed by atoms with E-state index in [1.165, 1.54) is 0 Å². The number of pyridine rings is 1. The molecule has 22 heavy (non-hydrogen) atoms. The van der Waals surface area contributed by atoms with Gasteiger partial charge in [0, 0.05) is 18.3 Å². The third-order valence-electron chi connectivity index (χ3n) is 4.44. The van der Waals surface area contributed by atoms with Crippen LogP contribution in [-0.4, -0.2) is 20.6 Å². The molecule has 3 atom stereocenters. The third kappa shape index (κ3) is 1.91. The van der Waals surface area contributed by atoms with Crippen LogP contribution in [0, 0.1) is 6.92 Å². The fourth-order valence-electron chi connectivity index (χ4n) is 3.29. The zero-order valence-corrected chi connectivity index (χ0v) is 12.6. The van der Waals surface area contributed by atoms with Crippen molar-refractivity contribution in [3.63, 3.8) is 0 Å². The van der Waals surface area contributed by atoms with Gasteiger partial charge in [-0.2, -0.15) is 0 Å². The second kappa shape index (κ2) is 4.85. The molecule has 1 aliphatic carbocycles. The Morgan fingerprint density at radius 3 is 2.73 bits per heavy atom. The summed E-state index contributed by atoms with van der Waals surface area (Å²) in [5.74, 6) is 0.769. The van der Waals surface area contributed by atoms with Gasteiger partial charge in [0.05, 0.1) is 5.69 Å². The molecule has 0 saturated carbocycles. The van der Waals surface area contributed by atoms with Crippen LogP contribution in [0.15, 0.2) is 48.8 Å². The van der Waals surface area contributed by atoms with Crippen molar-refractivity contribution in [1.29, 1.82) is 0 Å². The van der Waals surface area contributed by atoms with Crippen LogP contribution in [0.3, 0.4) is 0 Å². The minimum Gasteiger partial charge on any atom is -0.479 e. The molecular formula is C18H18N2O2. The maximum atomic E-state index is 10.6. The van der Waals surface area contributed by atoms with Crippen LogP contribution in [0.2, 0.25) is 0 Å². The quantitative estimate of drug-likeness (QED) is 0.789. The minimum absolute atomic E-state index is 0.0717. The van der Waals surface area contributed by atoms with Gasteiger partial charge < -0.3 is 14.2 Å². The lowest BCUT2D eigenvalue weighted by atomic mass is 10.0. The van der Waals surface area contributed by atoms with Crippen molar-refractivity contribution in [1.82, 2.24) is 9.38 Å². The number of aryl methyl sites for hydroxylation is 1. The van der Waals surface area contributed by atoms with Crippen molar-refractivity contribution >= 4 is 5.65 Å². The van der Waals surface area contributed by atoms with E-state index in [-0.39, 0.29) is 12.0 Å². The van der Waals surface area contributed by atoms with Gasteiger partial charge in [-0.25, -0.2) is 4.98 Å². The average molecular weight is 294 g/mol. The summed E-state index contributed by atoms with van der Waals surface area (Å²) in [6.45, 7) is 3.99. The summed E-state index contributed by atoms with van der Waals surface area (Å²) in [6.07, 6.45) is 3.01. The highest BCUT2D eigenvalue weighted by Crippen LogP contribution is 2.42. The van der Waals surface area contributed by atoms with Crippen LogP contribution in [-0.2, 0) is 0 Å². The zero-order valence-electron chi connectivity index (χ0n) is 12.6. The minimum atomic E-state index is -0.547. The van der Waals surface area contributed by atoms with Crippen LogP contribution in [0.5, 0.6) is 5.75 Å². The van der Waals surface area contributed by atoms with Crippen molar-refractivity contribution < 1.29 is 9.84 Å². The van der Waals surface area contributed by atoms with Crippen molar-refractivity contribution in [2.75, 3.05) is 0 Å². The summed E-state index contributed by atoms with van der Waals surface area (Å²) in [5, 5.41) is 10.6. The standard InChI is InChI=1S/C18H18N2O2/c1-11-10-20-9-5-8-15(18(20)19-11)22-17-14-7-4-3-6-13(14)12(2)16(17)21/h3-10,12,16-17,21H,1-2H3. The monoisotopic (exact) mass is 294 g/mol. The van der Waals surface area contributed by atoms with Gasteiger partial charge in [0.2, 0.25) is 0 Å². The summed E-state index contributed by atoms with van der Waals surface area (Å²) in [5.41, 5.74) is 3.94. The molecule has 4 heteroatoms. The Hall–Kier alpha value is -2.33. The molecule has 0 radical (unpaired) electrons. The first kappa shape index (κ1) is 13.3. The second-order valence-corrected chi connectivity index (χ2v) is 5.93. The largest absolute Gasteiger partial charge is 0.479 e. The van der Waals surface area contributed by atoms with Crippen LogP contribution in [0.4, 0.5) is 0 Å². The summed E-state index contributed by atoms with van der Waals surface area (Å²) in [4.78, 5) is 4.51. The maximum Gasteiger partial charge on any atom is 0.179 e. The number of aliphatic hydroxyl groups excluding tert-OH is 1. The first-order valence-electron chi connectivity index (χ1n) is 7.53. The van der Waals surface area contributed by atoms with Crippen LogP contribution < -0.4 is 4.74 Å². The lowest BCUT2D eigenvalue weighted by Crippen LogP contribution is -2.21. The van der Waals surface area contributed by atoms with Gasteiger partial charge >= 0.3 is 0 Å². The Morgan fingerprint density at radius 2 is 1.91 bits per heavy atom. The number of hydrogen-bond acceptors (Lipinski definition) is 3. The number of benzene rings is 1. The first-order valence-corrected chi connectivity index (χ1v) is 7.53. The molecular weight excluding hydrogens is 276 g/mol. The summed E-state index contributed by atoms with van der Waals surface area (Å²) in [7, 11) is 0. The molecule has 0 fully saturated rings. The van der Waals surface area contributed by atoms with Gasteiger partial charge in [0.25, 0.3) is 0 Å². The van der Waals surface area contributed by atoms with Gasteiger partial charge in [-0.15, -0.1) is 0 Å². The van der Waals surface area contributed by atoms with E-state index in [4.69, 9.17) is 4.74 Å². The Balaban J connectivity index is 1.77. The van der Waals surface area contributed by atoms with Gasteiger partial charge in [0.15, 0.2) is 17.5 Å². The first-order chi connectivity index (χ1) is 10.6. The smallest absolute Gasteiger partial charge is 0.179 e. The highest BCUT2D eigenvalue weighted by molar-refractivity contribution is 5.55. The van der Waals surface area contributed by atoms with Crippen LogP contribution >= 0.6 is 0 Å². The molecule has 0 bridgehead atoms. The van der Waals surface area contributed by atoms with Crippen molar-refractivity contribution in [2.24, 2.45) is 0 Å². The van der Waals surface area contributed by atoms with E-state index in [9.17, 15) is 5.11 Å². The van der Waals surface area contributed by atoms with E-state index in [1.807, 2.05) is 61.0 Å². The molecule has 1 aromatic carbocycles. The van der Waals surface area contributed by atoms with E-state index >= 15 is 0 Å². The predicted molar refractivity (Wildman–Crippen MR) is 84.2 cm³/mol. The van der Waals surface area contributed by atoms with Crippen LogP contribution in [0.1, 0.15) is 35.8 Å². The number of ether oxygens (including phenoxy) is 1. The topological polar surface area (TPSA) is 46.8 Å². The SMILES string of the molecule is Cc1cn2cccc(OC3c4ccccc4C(C)C3O)c2n1. The van der Waals surface area contributed by atoms with Gasteiger partial charge in [-0.05, 0) is 30.2 Å². The number of rotatable bonds is 2. The van der Waals surface area contributed by atoms with E-state index < -0.39 is 6.10 Å². The van der Waals surface area contributed by atoms with E-state index in [2.05, 4.69) is 11.1 Å². The second-order valence-electron chi connectivity index (χ2n) is 5.93. The number of nitrogens with zero attached hydrogens (tertiary/aromatic N) is 2. The number of imidazole rings is 1. The molecule has 0 amide bonds. The van der Waals surface area contributed by atoms with E-state index in [0.29, 0.717) is 5.75 Å². The van der Waals surface area contributed by atoms with Crippen LogP contribution in [0.25, 0.3) is 5.65 Å². The van der Waals surface area contributed by atoms with Gasteiger partial charge in [-0.3, -0.25) is 0 Å². The van der Waals surface area contributed by atoms with E-state index in [0.717, 1.165) is 22.5 Å². The zero-order chi connectivity index (χ0) is 15.3. The molecule has 0 spiro atoms. The average Bonchev–Trinajstić information content (AvgIpc) is 3.01. The Labute approximate surface area is 129 Å². The summed E-state index contributed by atoms with van der Waals surface area (Å²) < 4.78 is 8.12. The highest BCUT2D eigenvalue weighted by atomic mass is 16.5. The van der Waals surface area contributed by atoms with Gasteiger partial charge in [-0.1, -0.05) is 31.2 Å². The fraction of sp³-hybridized carbons (Fsp3) is 0.278. The van der Waals surface area contributed by atoms with Crippen molar-refractivity contribution in [3.05, 3.63) is 65.6 Å². The lowest BCUT2D eigenvalue weighted by molar-refractivity contribution is 0.0368. The number of aromatic nitrogens is 2. The van der Waals surface area contributed by atoms with Crippen molar-refractivity contribution in [3.8, 4) is 5.75 Å². The molecule has 2 aromatic heterocycles. The normalized spacial score (nSPS) is 23.7. The van der Waals surface area contributed by atoms with E-state index in [1.54, 1.807) is 0 Å². The lowest BCUT2D eigenvalue weighted by Gasteiger charge is -2.20. The fourth-order valence-corrected chi connectivity index (χ4v) is 3.29. The number of aliphatic hydroxyl groups is 1. The summed E-state index contributed by atoms with van der Waals surface area (Å²) in [6, 6.07) is 11.9. The highest BCUT2D eigenvalue weighted by Gasteiger charge is 2.38. The molecule has 0 aliphatic heterocycles. The molecule has 4 rings (SSSR count). The molecule has 3 unspecified atom stereocenters. The molecule has 2 heterocycles. The molecule has 1 N–H and O–H groups in total. The Bertz CT molecular complexity index is 840. The molecule has 0 saturated heterocycles. The molecule has 3 aromatic rings.